The molecule has 4 rings (SSSR count). The Balaban J connectivity index is 1.71. The maximum atomic E-state index is 5.37. The van der Waals surface area contributed by atoms with Crippen molar-refractivity contribution in [1.29, 1.82) is 0 Å². The molecule has 0 spiro atoms. The molecule has 1 fully saturated rings. The summed E-state index contributed by atoms with van der Waals surface area (Å²) in [4.78, 5) is 9.07. The van der Waals surface area contributed by atoms with Gasteiger partial charge in [0.15, 0.2) is 0 Å². The Morgan fingerprint density at radius 3 is 2.95 bits per heavy atom. The molecular weight excluding hydrogens is 252 g/mol. The minimum atomic E-state index is 0.330. The fourth-order valence-corrected chi connectivity index (χ4v) is 2.56. The zero-order valence-corrected chi connectivity index (χ0v) is 10.9. The van der Waals surface area contributed by atoms with Crippen LogP contribution in [0.25, 0.3) is 22.4 Å². The van der Waals surface area contributed by atoms with Crippen LogP contribution in [0.1, 0.15) is 18.2 Å². The Hall–Kier alpha value is -2.27. The number of aromatic nitrogens is 3. The van der Waals surface area contributed by atoms with E-state index in [0.29, 0.717) is 17.6 Å². The second-order valence-electron chi connectivity index (χ2n) is 5.04. The Kier molecular flexibility index (Phi) is 2.70. The van der Waals surface area contributed by atoms with E-state index < -0.39 is 0 Å². The molecule has 100 valence electrons. The van der Waals surface area contributed by atoms with E-state index >= 15 is 0 Å². The van der Waals surface area contributed by atoms with Gasteiger partial charge in [0.05, 0.1) is 11.4 Å². The first-order chi connectivity index (χ1) is 9.90. The molecule has 1 saturated heterocycles. The summed E-state index contributed by atoms with van der Waals surface area (Å²) in [6.07, 6.45) is 1.05. The lowest BCUT2D eigenvalue weighted by atomic mass is 10.1. The van der Waals surface area contributed by atoms with Crippen molar-refractivity contribution in [1.82, 2.24) is 20.4 Å². The van der Waals surface area contributed by atoms with Gasteiger partial charge in [-0.2, -0.15) is 4.98 Å². The Bertz CT molecular complexity index is 746. The second kappa shape index (κ2) is 4.68. The number of nitrogens with zero attached hydrogens (tertiary/aromatic N) is 3. The summed E-state index contributed by atoms with van der Waals surface area (Å²) in [5.74, 6) is 1.61. The molecule has 1 unspecified atom stereocenters. The number of benzene rings is 1. The standard InChI is InChI=1S/C15H14N4O/c1-2-4-12-10(3-1)5-6-13(17-12)14-18-15(20-19-14)11-7-8-16-9-11/h1-6,11,16H,7-9H2. The fourth-order valence-electron chi connectivity index (χ4n) is 2.56. The maximum absolute atomic E-state index is 5.37. The third-order valence-corrected chi connectivity index (χ3v) is 3.68. The predicted molar refractivity (Wildman–Crippen MR) is 75.3 cm³/mol. The first-order valence-corrected chi connectivity index (χ1v) is 6.81. The average Bonchev–Trinajstić information content (AvgIpc) is 3.17. The molecule has 0 bridgehead atoms. The molecule has 0 radical (unpaired) electrons. The van der Waals surface area contributed by atoms with E-state index in [1.807, 2.05) is 36.4 Å². The van der Waals surface area contributed by atoms with Crippen molar-refractivity contribution in [2.24, 2.45) is 0 Å². The maximum Gasteiger partial charge on any atom is 0.231 e. The van der Waals surface area contributed by atoms with Gasteiger partial charge in [0.2, 0.25) is 11.7 Å². The molecule has 2 aromatic heterocycles. The molecule has 3 aromatic rings. The molecule has 1 N–H and O–H groups in total. The Morgan fingerprint density at radius 1 is 1.10 bits per heavy atom. The number of rotatable bonds is 2. The van der Waals surface area contributed by atoms with Crippen molar-refractivity contribution < 1.29 is 4.52 Å². The Labute approximate surface area is 116 Å². The quantitative estimate of drug-likeness (QED) is 0.771. The summed E-state index contributed by atoms with van der Waals surface area (Å²) in [5.41, 5.74) is 1.70. The van der Waals surface area contributed by atoms with Crippen molar-refractivity contribution in [3.05, 3.63) is 42.3 Å². The molecular formula is C15H14N4O. The highest BCUT2D eigenvalue weighted by atomic mass is 16.5. The van der Waals surface area contributed by atoms with Gasteiger partial charge in [-0.15, -0.1) is 0 Å². The average molecular weight is 266 g/mol. The lowest BCUT2D eigenvalue weighted by molar-refractivity contribution is 0.359. The zero-order valence-electron chi connectivity index (χ0n) is 10.9. The van der Waals surface area contributed by atoms with Crippen LogP contribution in [0, 0.1) is 0 Å². The summed E-state index contributed by atoms with van der Waals surface area (Å²) in [5, 5.41) is 8.47. The van der Waals surface area contributed by atoms with Crippen LogP contribution in [0.2, 0.25) is 0 Å². The largest absolute Gasteiger partial charge is 0.339 e. The van der Waals surface area contributed by atoms with E-state index in [0.717, 1.165) is 36.1 Å². The first-order valence-electron chi connectivity index (χ1n) is 6.81. The molecule has 5 heteroatoms. The molecule has 0 amide bonds. The van der Waals surface area contributed by atoms with Crippen LogP contribution in [0.3, 0.4) is 0 Å². The molecule has 1 aromatic carbocycles. The van der Waals surface area contributed by atoms with E-state index in [1.165, 1.54) is 0 Å². The van der Waals surface area contributed by atoms with Gasteiger partial charge in [-0.05, 0) is 25.1 Å². The number of fused-ring (bicyclic) bond motifs is 1. The third-order valence-electron chi connectivity index (χ3n) is 3.68. The summed E-state index contributed by atoms with van der Waals surface area (Å²) < 4.78 is 5.37. The number of nitrogens with one attached hydrogen (secondary N) is 1. The van der Waals surface area contributed by atoms with Crippen molar-refractivity contribution in [2.45, 2.75) is 12.3 Å². The summed E-state index contributed by atoms with van der Waals surface area (Å²) in [6.45, 7) is 1.92. The number of hydrogen-bond donors (Lipinski definition) is 1. The van der Waals surface area contributed by atoms with Crippen molar-refractivity contribution in [3.8, 4) is 11.5 Å². The topological polar surface area (TPSA) is 63.8 Å². The SMILES string of the molecule is c1ccc2nc(-c3noc(C4CCNC4)n3)ccc2c1. The van der Waals surface area contributed by atoms with E-state index in [4.69, 9.17) is 4.52 Å². The van der Waals surface area contributed by atoms with Crippen LogP contribution in [-0.2, 0) is 0 Å². The van der Waals surface area contributed by atoms with Gasteiger partial charge in [-0.1, -0.05) is 29.4 Å². The van der Waals surface area contributed by atoms with Gasteiger partial charge in [0.1, 0.15) is 5.69 Å². The highest BCUT2D eigenvalue weighted by Gasteiger charge is 2.23. The lowest BCUT2D eigenvalue weighted by Crippen LogP contribution is -2.08. The van der Waals surface area contributed by atoms with Gasteiger partial charge in [-0.3, -0.25) is 0 Å². The number of pyridine rings is 1. The van der Waals surface area contributed by atoms with E-state index in [2.05, 4.69) is 20.4 Å². The fraction of sp³-hybridized carbons (Fsp3) is 0.267. The molecule has 5 nitrogen and oxygen atoms in total. The van der Waals surface area contributed by atoms with Crippen LogP contribution >= 0.6 is 0 Å². The zero-order chi connectivity index (χ0) is 13.4. The highest BCUT2D eigenvalue weighted by Crippen LogP contribution is 2.24. The van der Waals surface area contributed by atoms with Crippen LogP contribution in [0.5, 0.6) is 0 Å². The molecule has 3 heterocycles. The van der Waals surface area contributed by atoms with Gasteiger partial charge >= 0.3 is 0 Å². The Morgan fingerprint density at radius 2 is 2.05 bits per heavy atom. The smallest absolute Gasteiger partial charge is 0.231 e. The van der Waals surface area contributed by atoms with Crippen molar-refractivity contribution in [3.63, 3.8) is 0 Å². The lowest BCUT2D eigenvalue weighted by Gasteiger charge is -1.99. The van der Waals surface area contributed by atoms with E-state index in [9.17, 15) is 0 Å². The van der Waals surface area contributed by atoms with Gasteiger partial charge in [0.25, 0.3) is 0 Å². The minimum absolute atomic E-state index is 0.330. The highest BCUT2D eigenvalue weighted by molar-refractivity contribution is 5.80. The van der Waals surface area contributed by atoms with E-state index in [-0.39, 0.29) is 0 Å². The summed E-state index contributed by atoms with van der Waals surface area (Å²) >= 11 is 0. The van der Waals surface area contributed by atoms with Crippen molar-refractivity contribution in [2.75, 3.05) is 13.1 Å². The molecule has 1 atom stereocenters. The van der Waals surface area contributed by atoms with Gasteiger partial charge in [0, 0.05) is 11.9 Å². The summed E-state index contributed by atoms with van der Waals surface area (Å²) in [7, 11) is 0. The van der Waals surface area contributed by atoms with Crippen molar-refractivity contribution >= 4 is 10.9 Å². The van der Waals surface area contributed by atoms with Gasteiger partial charge < -0.3 is 9.84 Å². The third kappa shape index (κ3) is 1.96. The van der Waals surface area contributed by atoms with E-state index in [1.54, 1.807) is 0 Å². The first kappa shape index (κ1) is 11.5. The van der Waals surface area contributed by atoms with Crippen LogP contribution in [0.4, 0.5) is 0 Å². The number of para-hydroxylation sites is 1. The summed E-state index contributed by atoms with van der Waals surface area (Å²) in [6, 6.07) is 12.0. The normalized spacial score (nSPS) is 18.7. The molecule has 1 aliphatic rings. The minimum Gasteiger partial charge on any atom is -0.339 e. The van der Waals surface area contributed by atoms with Crippen LogP contribution < -0.4 is 5.32 Å². The monoisotopic (exact) mass is 266 g/mol. The molecule has 20 heavy (non-hydrogen) atoms. The molecule has 0 saturated carbocycles. The van der Waals surface area contributed by atoms with Crippen LogP contribution in [0.15, 0.2) is 40.9 Å². The predicted octanol–water partition coefficient (Wildman–Crippen LogP) is 2.36. The second-order valence-corrected chi connectivity index (χ2v) is 5.04. The molecule has 1 aliphatic heterocycles. The number of hydrogen-bond acceptors (Lipinski definition) is 5. The van der Waals surface area contributed by atoms with Gasteiger partial charge in [-0.25, -0.2) is 4.98 Å². The molecule has 0 aliphatic carbocycles. The van der Waals surface area contributed by atoms with Crippen LogP contribution in [-0.4, -0.2) is 28.2 Å².